The third kappa shape index (κ3) is 6.02. The second-order valence-corrected chi connectivity index (χ2v) is 14.5. The lowest BCUT2D eigenvalue weighted by Crippen LogP contribution is -2.53. The molecule has 0 radical (unpaired) electrons. The minimum atomic E-state index is -0.649. The van der Waals surface area contributed by atoms with E-state index in [1.807, 2.05) is 0 Å². The van der Waals surface area contributed by atoms with Gasteiger partial charge < -0.3 is 15.2 Å². The van der Waals surface area contributed by atoms with Crippen LogP contribution in [-0.2, 0) is 9.53 Å². The molecule has 0 bridgehead atoms. The Kier molecular flexibility index (Phi) is 9.31. The van der Waals surface area contributed by atoms with E-state index in [0.29, 0.717) is 24.4 Å². The summed E-state index contributed by atoms with van der Waals surface area (Å²) in [6.45, 7) is 10.2. The summed E-state index contributed by atoms with van der Waals surface area (Å²) in [5, 5.41) is 14.8. The van der Waals surface area contributed by atoms with E-state index >= 15 is 0 Å². The fraction of sp³-hybridized carbons (Fsp3) is 0.800. The molecule has 0 spiro atoms. The number of fused-ring (bicyclic) bond motifs is 5. The van der Waals surface area contributed by atoms with Crippen LogP contribution in [0.3, 0.4) is 0 Å². The predicted octanol–water partition coefficient (Wildman–Crippen LogP) is 7.85. The molecular weight excluding hydrogens is 501 g/mol. The maximum absolute atomic E-state index is 13.7. The van der Waals surface area contributed by atoms with Gasteiger partial charge in [0.05, 0.1) is 18.2 Å². The van der Waals surface area contributed by atoms with Gasteiger partial charge in [-0.1, -0.05) is 46.2 Å². The predicted molar refractivity (Wildman–Crippen MR) is 158 cm³/mol. The molecule has 0 unspecified atom stereocenters. The zero-order chi connectivity index (χ0) is 28.5. The Bertz CT molecular complexity index is 999. The zero-order valence-corrected chi connectivity index (χ0v) is 25.5. The van der Waals surface area contributed by atoms with Crippen molar-refractivity contribution >= 4 is 5.91 Å². The molecule has 224 valence electrons. The van der Waals surface area contributed by atoms with Gasteiger partial charge >= 0.3 is 0 Å². The highest BCUT2D eigenvalue weighted by Gasteiger charge is 2.59. The Balaban J connectivity index is 1.18. The highest BCUT2D eigenvalue weighted by Crippen LogP contribution is 2.64. The number of benzene rings is 1. The second-order valence-electron chi connectivity index (χ2n) is 14.5. The third-order valence-electron chi connectivity index (χ3n) is 12.2. The average Bonchev–Trinajstić information content (AvgIpc) is 3.31. The van der Waals surface area contributed by atoms with Crippen LogP contribution in [-0.4, -0.2) is 29.8 Å². The smallest absolute Gasteiger partial charge is 0.224 e. The van der Waals surface area contributed by atoms with Gasteiger partial charge in [-0.3, -0.25) is 4.79 Å². The van der Waals surface area contributed by atoms with Crippen molar-refractivity contribution in [2.45, 2.75) is 116 Å². The third-order valence-corrected chi connectivity index (χ3v) is 12.2. The molecule has 4 nitrogen and oxygen atoms in total. The number of carbonyl (C=O) groups is 1. The summed E-state index contributed by atoms with van der Waals surface area (Å²) in [4.78, 5) is 13.7. The van der Waals surface area contributed by atoms with Gasteiger partial charge in [0.2, 0.25) is 5.91 Å². The first kappa shape index (κ1) is 30.0. The Labute approximate surface area is 242 Å². The van der Waals surface area contributed by atoms with Gasteiger partial charge in [0.25, 0.3) is 0 Å². The topological polar surface area (TPSA) is 58.6 Å². The van der Waals surface area contributed by atoms with Crippen molar-refractivity contribution in [3.05, 3.63) is 35.6 Å². The van der Waals surface area contributed by atoms with E-state index in [9.17, 15) is 14.3 Å². The van der Waals surface area contributed by atoms with Crippen LogP contribution in [0.25, 0.3) is 0 Å². The fourth-order valence-corrected chi connectivity index (χ4v) is 9.66. The molecular formula is C35H54FNO3. The average molecular weight is 556 g/mol. The van der Waals surface area contributed by atoms with Crippen LogP contribution in [0, 0.1) is 52.7 Å². The second kappa shape index (κ2) is 12.4. The molecule has 2 N–H and O–H groups in total. The van der Waals surface area contributed by atoms with Gasteiger partial charge in [0.15, 0.2) is 0 Å². The molecule has 4 aliphatic rings. The summed E-state index contributed by atoms with van der Waals surface area (Å²) in [6, 6.07) is 6.51. The quantitative estimate of drug-likeness (QED) is 0.289. The number of ether oxygens (including phenoxy) is 1. The lowest BCUT2D eigenvalue weighted by molar-refractivity contribution is -0.139. The lowest BCUT2D eigenvalue weighted by atomic mass is 9.49. The minimum Gasteiger partial charge on any atom is -0.387 e. The molecule has 5 rings (SSSR count). The zero-order valence-electron chi connectivity index (χ0n) is 25.5. The van der Waals surface area contributed by atoms with Crippen molar-refractivity contribution in [2.75, 3.05) is 13.2 Å². The van der Waals surface area contributed by atoms with E-state index in [0.717, 1.165) is 81.3 Å². The highest BCUT2D eigenvalue weighted by molar-refractivity contribution is 5.80. The van der Waals surface area contributed by atoms with Crippen LogP contribution in [0.4, 0.5) is 4.39 Å². The number of nitrogens with one attached hydrogen (secondary N) is 1. The molecule has 5 heteroatoms. The molecule has 0 aromatic heterocycles. The van der Waals surface area contributed by atoms with E-state index in [2.05, 4.69) is 33.0 Å². The number of rotatable bonds is 10. The van der Waals surface area contributed by atoms with Crippen molar-refractivity contribution in [1.82, 2.24) is 5.32 Å². The van der Waals surface area contributed by atoms with Gasteiger partial charge in [-0.15, -0.1) is 0 Å². The number of aliphatic hydroxyl groups is 1. The number of halogens is 1. The number of carbonyl (C=O) groups excluding carboxylic acids is 1. The Hall–Kier alpha value is -1.46. The van der Waals surface area contributed by atoms with Gasteiger partial charge in [-0.05, 0) is 129 Å². The highest BCUT2D eigenvalue weighted by atomic mass is 19.1. The van der Waals surface area contributed by atoms with Crippen LogP contribution < -0.4 is 5.32 Å². The van der Waals surface area contributed by atoms with Crippen molar-refractivity contribution in [1.29, 1.82) is 0 Å². The number of hydrogen-bond acceptors (Lipinski definition) is 3. The summed E-state index contributed by atoms with van der Waals surface area (Å²) < 4.78 is 19.5. The standard InChI is InChI=1S/C35H54FNO3/c1-5-23(3)17-20-40-22-35(39)19-16-27-25(21-35)9-12-29-28(27)15-18-34(4)30(29)13-14-31(34)33(38)37-32(6-2)24-7-10-26(36)11-8-24/h7-8,10-11,23,25,27-32,39H,5-6,9,12-22H2,1-4H3,(H,37,38)/t23-,25-,27+,28-,29-,30+,31-,32-,34+,35-/m1/s1. The van der Waals surface area contributed by atoms with E-state index in [1.165, 1.54) is 37.8 Å². The van der Waals surface area contributed by atoms with Crippen LogP contribution in [0.15, 0.2) is 24.3 Å². The van der Waals surface area contributed by atoms with Crippen LogP contribution in [0.5, 0.6) is 0 Å². The molecule has 4 saturated carbocycles. The summed E-state index contributed by atoms with van der Waals surface area (Å²) in [7, 11) is 0. The largest absolute Gasteiger partial charge is 0.387 e. The first-order valence-corrected chi connectivity index (χ1v) is 16.5. The van der Waals surface area contributed by atoms with Crippen molar-refractivity contribution < 1.29 is 19.0 Å². The molecule has 4 fully saturated rings. The normalized spacial score (nSPS) is 38.5. The maximum atomic E-state index is 13.7. The molecule has 0 aliphatic heterocycles. The fourth-order valence-electron chi connectivity index (χ4n) is 9.66. The van der Waals surface area contributed by atoms with Gasteiger partial charge in [-0.2, -0.15) is 0 Å². The lowest BCUT2D eigenvalue weighted by Gasteiger charge is -2.57. The van der Waals surface area contributed by atoms with E-state index in [4.69, 9.17) is 4.74 Å². The first-order chi connectivity index (χ1) is 19.2. The van der Waals surface area contributed by atoms with Crippen LogP contribution in [0.1, 0.15) is 116 Å². The molecule has 0 saturated heterocycles. The summed E-state index contributed by atoms with van der Waals surface area (Å²) in [6.07, 6.45) is 12.9. The van der Waals surface area contributed by atoms with Crippen molar-refractivity contribution in [2.24, 2.45) is 46.8 Å². The van der Waals surface area contributed by atoms with E-state index in [-0.39, 0.29) is 29.1 Å². The number of amides is 1. The Morgan fingerprint density at radius 3 is 2.50 bits per heavy atom. The maximum Gasteiger partial charge on any atom is 0.224 e. The molecule has 1 aromatic rings. The molecule has 4 aliphatic carbocycles. The molecule has 0 heterocycles. The van der Waals surface area contributed by atoms with E-state index < -0.39 is 5.60 Å². The molecule has 1 amide bonds. The van der Waals surface area contributed by atoms with Crippen LogP contribution in [0.2, 0.25) is 0 Å². The Morgan fingerprint density at radius 2 is 1.77 bits per heavy atom. The number of hydrogen-bond donors (Lipinski definition) is 2. The first-order valence-electron chi connectivity index (χ1n) is 16.5. The molecule has 10 atom stereocenters. The Morgan fingerprint density at radius 1 is 1.02 bits per heavy atom. The van der Waals surface area contributed by atoms with Crippen molar-refractivity contribution in [3.8, 4) is 0 Å². The SMILES string of the molecule is CC[C@@H](C)CCOC[C@@]1(O)CC[C@H]2[C@H](CC[C@@H]3[C@@H]2CC[C@]2(C)[C@@H](C(=O)N[C@H](CC)c4ccc(F)cc4)CC[C@@H]32)C1. The summed E-state index contributed by atoms with van der Waals surface area (Å²) >= 11 is 0. The van der Waals surface area contributed by atoms with Crippen molar-refractivity contribution in [3.63, 3.8) is 0 Å². The minimum absolute atomic E-state index is 0.0645. The molecule has 40 heavy (non-hydrogen) atoms. The molecule has 1 aromatic carbocycles. The monoisotopic (exact) mass is 555 g/mol. The van der Waals surface area contributed by atoms with Gasteiger partial charge in [0.1, 0.15) is 5.82 Å². The van der Waals surface area contributed by atoms with Gasteiger partial charge in [0, 0.05) is 12.5 Å². The van der Waals surface area contributed by atoms with E-state index in [1.54, 1.807) is 12.1 Å². The summed E-state index contributed by atoms with van der Waals surface area (Å²) in [5.74, 6) is 4.13. The van der Waals surface area contributed by atoms with Gasteiger partial charge in [-0.25, -0.2) is 4.39 Å². The summed E-state index contributed by atoms with van der Waals surface area (Å²) in [5.41, 5.74) is 0.402. The van der Waals surface area contributed by atoms with Crippen LogP contribution >= 0.6 is 0 Å².